The number of fused-ring (bicyclic) bond motifs is 1. The lowest BCUT2D eigenvalue weighted by molar-refractivity contribution is -0.137. The Morgan fingerprint density at radius 3 is 2.62 bits per heavy atom. The van der Waals surface area contributed by atoms with Gasteiger partial charge < -0.3 is 20.5 Å². The molecule has 1 heterocycles. The molecular formula is C27H29ClF2N6O6. The Morgan fingerprint density at radius 2 is 1.88 bits per heavy atom. The number of nitrogens with one attached hydrogen (secondary N) is 4. The van der Waals surface area contributed by atoms with Crippen LogP contribution in [0.5, 0.6) is 0 Å². The minimum absolute atomic E-state index is 0.0215. The molecular weight excluding hydrogens is 578 g/mol. The van der Waals surface area contributed by atoms with Gasteiger partial charge in [0.15, 0.2) is 0 Å². The number of hydrazine groups is 1. The first-order valence-corrected chi connectivity index (χ1v) is 13.1. The molecule has 3 aromatic rings. The van der Waals surface area contributed by atoms with Crippen LogP contribution in [0.1, 0.15) is 25.3 Å². The lowest BCUT2D eigenvalue weighted by Crippen LogP contribution is -2.51. The highest BCUT2D eigenvalue weighted by Gasteiger charge is 2.24. The fraction of sp³-hybridized carbons (Fsp3) is 0.296. The van der Waals surface area contributed by atoms with Crippen molar-refractivity contribution in [2.45, 2.75) is 32.4 Å². The molecule has 0 aliphatic carbocycles. The molecule has 0 bridgehead atoms. The van der Waals surface area contributed by atoms with Crippen LogP contribution in [0.4, 0.5) is 24.2 Å². The Bertz CT molecular complexity index is 1450. The third kappa shape index (κ3) is 9.82. The van der Waals surface area contributed by atoms with E-state index in [1.54, 1.807) is 12.1 Å². The summed E-state index contributed by atoms with van der Waals surface area (Å²) in [7, 11) is 0. The Labute approximate surface area is 244 Å². The number of halogens is 3. The van der Waals surface area contributed by atoms with Gasteiger partial charge in [-0.15, -0.1) is 0 Å². The van der Waals surface area contributed by atoms with Crippen LogP contribution >= 0.6 is 11.6 Å². The van der Waals surface area contributed by atoms with E-state index in [1.807, 2.05) is 0 Å². The third-order valence-corrected chi connectivity index (χ3v) is 6.32. The highest BCUT2D eigenvalue weighted by Crippen LogP contribution is 2.20. The van der Waals surface area contributed by atoms with E-state index in [9.17, 15) is 28.0 Å². The number of hydrogen-bond donors (Lipinski definition) is 5. The van der Waals surface area contributed by atoms with Crippen LogP contribution in [0.25, 0.3) is 10.8 Å². The van der Waals surface area contributed by atoms with Crippen LogP contribution in [0, 0.1) is 11.6 Å². The van der Waals surface area contributed by atoms with Crippen LogP contribution < -0.4 is 21.4 Å². The Balaban J connectivity index is 1.65. The van der Waals surface area contributed by atoms with E-state index >= 15 is 0 Å². The van der Waals surface area contributed by atoms with E-state index < -0.39 is 48.2 Å². The maximum absolute atomic E-state index is 13.9. The van der Waals surface area contributed by atoms with E-state index in [4.69, 9.17) is 21.4 Å². The summed E-state index contributed by atoms with van der Waals surface area (Å²) >= 11 is 6.03. The number of aliphatic carboxylic acids is 1. The number of carbonyl (C=O) groups is 4. The predicted octanol–water partition coefficient (Wildman–Crippen LogP) is 3.80. The summed E-state index contributed by atoms with van der Waals surface area (Å²) < 4.78 is 32.8. The molecule has 0 radical (unpaired) electrons. The van der Waals surface area contributed by atoms with E-state index in [0.717, 1.165) is 0 Å². The van der Waals surface area contributed by atoms with Gasteiger partial charge in [-0.25, -0.2) is 28.8 Å². The van der Waals surface area contributed by atoms with Gasteiger partial charge in [-0.05, 0) is 54.1 Å². The number of hydrogen-bond acceptors (Lipinski definition) is 7. The number of pyridine rings is 1. The van der Waals surface area contributed by atoms with Gasteiger partial charge in [0.2, 0.25) is 5.91 Å². The molecule has 0 saturated heterocycles. The van der Waals surface area contributed by atoms with Crippen molar-refractivity contribution >= 4 is 52.2 Å². The molecule has 15 heteroatoms. The van der Waals surface area contributed by atoms with E-state index in [2.05, 4.69) is 26.4 Å². The maximum atomic E-state index is 13.9. The standard InChI is InChI=1S/C27H29ClF2N6O6/c1-16(37)36(34-13-18-4-2-6-22(30)25(18)28)21(5-3-9-31-26(40)33-14-24(38)39)15-42-27(41)35-23-11-19-10-20(29)8-7-17(19)12-32-23/h2,4,6-8,10-12,21,34H,3,5,9,13-15H2,1H3,(H,38,39)(H2,31,33,40)(H,32,35,41)/t21-/m0/s1. The molecule has 1 aromatic heterocycles. The summed E-state index contributed by atoms with van der Waals surface area (Å²) in [6.45, 7) is 0.536. The Kier molecular flexibility index (Phi) is 11.8. The van der Waals surface area contributed by atoms with Crippen molar-refractivity contribution in [3.05, 3.63) is 70.9 Å². The van der Waals surface area contributed by atoms with E-state index in [1.165, 1.54) is 48.5 Å². The zero-order chi connectivity index (χ0) is 30.6. The first kappa shape index (κ1) is 32.0. The second-order valence-corrected chi connectivity index (χ2v) is 9.40. The molecule has 0 aliphatic heterocycles. The van der Waals surface area contributed by atoms with Crippen molar-refractivity contribution in [1.82, 2.24) is 26.1 Å². The maximum Gasteiger partial charge on any atom is 0.412 e. The van der Waals surface area contributed by atoms with Gasteiger partial charge in [-0.1, -0.05) is 23.7 Å². The van der Waals surface area contributed by atoms with Crippen LogP contribution in [-0.2, 0) is 20.9 Å². The number of anilines is 1. The first-order chi connectivity index (χ1) is 20.0. The highest BCUT2D eigenvalue weighted by molar-refractivity contribution is 6.31. The lowest BCUT2D eigenvalue weighted by Gasteiger charge is -2.31. The number of aromatic nitrogens is 1. The summed E-state index contributed by atoms with van der Waals surface area (Å²) in [4.78, 5) is 51.6. The zero-order valence-electron chi connectivity index (χ0n) is 22.5. The monoisotopic (exact) mass is 606 g/mol. The Morgan fingerprint density at radius 1 is 1.10 bits per heavy atom. The average Bonchev–Trinajstić information content (AvgIpc) is 2.94. The number of ether oxygens (including phenoxy) is 1. The summed E-state index contributed by atoms with van der Waals surface area (Å²) in [5.74, 6) is -2.60. The number of nitrogens with zero attached hydrogens (tertiary/aromatic N) is 2. The predicted molar refractivity (Wildman–Crippen MR) is 150 cm³/mol. The number of carboxylic acids is 1. The molecule has 224 valence electrons. The topological polar surface area (TPSA) is 162 Å². The van der Waals surface area contributed by atoms with Gasteiger partial charge in [0.1, 0.15) is 30.6 Å². The van der Waals surface area contributed by atoms with E-state index in [0.29, 0.717) is 22.8 Å². The number of rotatable bonds is 13. The minimum Gasteiger partial charge on any atom is -0.480 e. The Hall–Kier alpha value is -4.56. The molecule has 0 fully saturated rings. The van der Waals surface area contributed by atoms with Crippen molar-refractivity contribution in [2.24, 2.45) is 0 Å². The number of carbonyl (C=O) groups excluding carboxylic acids is 3. The van der Waals surface area contributed by atoms with Crippen LogP contribution in [0.15, 0.2) is 48.7 Å². The lowest BCUT2D eigenvalue weighted by atomic mass is 10.1. The van der Waals surface area contributed by atoms with Crippen LogP contribution in [0.2, 0.25) is 5.02 Å². The van der Waals surface area contributed by atoms with Crippen molar-refractivity contribution in [3.63, 3.8) is 0 Å². The molecule has 0 aliphatic rings. The minimum atomic E-state index is -1.20. The number of urea groups is 1. The van der Waals surface area contributed by atoms with Crippen molar-refractivity contribution in [1.29, 1.82) is 0 Å². The molecule has 42 heavy (non-hydrogen) atoms. The summed E-state index contributed by atoms with van der Waals surface area (Å²) in [6, 6.07) is 8.43. The number of amides is 4. The van der Waals surface area contributed by atoms with Crippen LogP contribution in [-0.4, -0.2) is 64.8 Å². The summed E-state index contributed by atoms with van der Waals surface area (Å²) in [5.41, 5.74) is 3.28. The molecule has 3 rings (SSSR count). The zero-order valence-corrected chi connectivity index (χ0v) is 23.2. The van der Waals surface area contributed by atoms with Crippen molar-refractivity contribution < 1.29 is 37.8 Å². The SMILES string of the molecule is CC(=O)N(NCc1cccc(F)c1Cl)[C@@H](CCCNC(=O)NCC(=O)O)COC(=O)Nc1cc2cc(F)ccc2cn1. The fourth-order valence-corrected chi connectivity index (χ4v) is 4.08. The van der Waals surface area contributed by atoms with Gasteiger partial charge in [-0.3, -0.25) is 19.9 Å². The largest absolute Gasteiger partial charge is 0.480 e. The molecule has 0 saturated carbocycles. The molecule has 4 amide bonds. The van der Waals surface area contributed by atoms with Gasteiger partial charge in [0.25, 0.3) is 0 Å². The average molecular weight is 607 g/mol. The summed E-state index contributed by atoms with van der Waals surface area (Å²) in [5, 5.41) is 18.1. The first-order valence-electron chi connectivity index (χ1n) is 12.7. The highest BCUT2D eigenvalue weighted by atomic mass is 35.5. The molecule has 12 nitrogen and oxygen atoms in total. The van der Waals surface area contributed by atoms with Crippen molar-refractivity contribution in [2.75, 3.05) is 25.0 Å². The number of carboxylic acid groups (broad SMARTS) is 1. The molecule has 5 N–H and O–H groups in total. The van der Waals surface area contributed by atoms with Crippen LogP contribution in [0.3, 0.4) is 0 Å². The van der Waals surface area contributed by atoms with Gasteiger partial charge in [0, 0.05) is 31.6 Å². The second-order valence-electron chi connectivity index (χ2n) is 9.02. The molecule has 0 unspecified atom stereocenters. The smallest absolute Gasteiger partial charge is 0.412 e. The molecule has 0 spiro atoms. The van der Waals surface area contributed by atoms with Gasteiger partial charge in [0.05, 0.1) is 11.1 Å². The van der Waals surface area contributed by atoms with Gasteiger partial charge >= 0.3 is 18.1 Å². The van der Waals surface area contributed by atoms with Gasteiger partial charge in [-0.2, -0.15) is 0 Å². The fourth-order valence-electron chi connectivity index (χ4n) is 3.89. The van der Waals surface area contributed by atoms with Crippen molar-refractivity contribution in [3.8, 4) is 0 Å². The summed E-state index contributed by atoms with van der Waals surface area (Å²) in [6.07, 6.45) is 1.11. The quantitative estimate of drug-likeness (QED) is 0.145. The molecule has 2 aromatic carbocycles. The normalized spacial score (nSPS) is 11.4. The second kappa shape index (κ2) is 15.4. The third-order valence-electron chi connectivity index (χ3n) is 5.90. The van der Waals surface area contributed by atoms with E-state index in [-0.39, 0.29) is 37.0 Å². The molecule has 1 atom stereocenters. The number of benzene rings is 2.